The number of nitriles is 1. The quantitative estimate of drug-likeness (QED) is 0.142. The van der Waals surface area contributed by atoms with Gasteiger partial charge in [0, 0.05) is 50.6 Å². The molecule has 5 heteroatoms. The molecule has 0 saturated heterocycles. The Bertz CT molecular complexity index is 5540. The molecule has 2 aliphatic heterocycles. The van der Waals surface area contributed by atoms with Crippen LogP contribution in [0.25, 0.3) is 83.1 Å². The second kappa shape index (κ2) is 23.4. The molecule has 0 bridgehead atoms. The van der Waals surface area contributed by atoms with Crippen LogP contribution in [0, 0.1) is 11.3 Å². The lowest BCUT2D eigenvalue weighted by Gasteiger charge is -2.45. The number of anilines is 6. The Morgan fingerprint density at radius 1 is 0.316 bits per heavy atom. The lowest BCUT2D eigenvalue weighted by Crippen LogP contribution is -2.61. The molecule has 0 saturated carbocycles. The van der Waals surface area contributed by atoms with Crippen molar-refractivity contribution in [1.82, 2.24) is 4.57 Å². The molecule has 0 radical (unpaired) electrons. The third kappa shape index (κ3) is 11.4. The maximum atomic E-state index is 11.5. The number of para-hydroxylation sites is 2. The van der Waals surface area contributed by atoms with Crippen LogP contribution >= 0.6 is 0 Å². The van der Waals surface area contributed by atoms with Gasteiger partial charge in [0.25, 0.3) is 6.71 Å². The number of benzene rings is 12. The second-order valence-corrected chi connectivity index (χ2v) is 32.4. The highest BCUT2D eigenvalue weighted by molar-refractivity contribution is 7.00. The molecular formula is C93H87BN4. The van der Waals surface area contributed by atoms with Gasteiger partial charge < -0.3 is 14.4 Å². The topological polar surface area (TPSA) is 35.2 Å². The van der Waals surface area contributed by atoms with E-state index in [1.807, 2.05) is 24.3 Å². The van der Waals surface area contributed by atoms with Gasteiger partial charge >= 0.3 is 0 Å². The number of hydrogen-bond acceptors (Lipinski definition) is 3. The number of rotatable bonds is 8. The van der Waals surface area contributed by atoms with Crippen LogP contribution in [0.3, 0.4) is 0 Å². The summed E-state index contributed by atoms with van der Waals surface area (Å²) in [5, 5.41) is 13.7. The van der Waals surface area contributed by atoms with Gasteiger partial charge in [-0.1, -0.05) is 286 Å². The monoisotopic (exact) mass is 1280 g/mol. The van der Waals surface area contributed by atoms with E-state index >= 15 is 0 Å². The van der Waals surface area contributed by atoms with Gasteiger partial charge in [0.2, 0.25) is 0 Å². The fourth-order valence-corrected chi connectivity index (χ4v) is 14.7. The first-order chi connectivity index (χ1) is 48.7. The SMILES string of the molecule is [2H]c1c([2H])c([2H])c(-c2ccc3c(c2)N(c2cc(C#N)cc(-n4c5ccccc5c5ccccc54)c2)c2cc(-c4cc(C(C)(C)C)cc(C(C)(C)C)c4)cc4c2B3c2ccc(-c3cc(C(C)(C)C)cc(C(C)(C)C)c3)cc2N4c2cc(-c3ccccc3)cc(-c3ccc(C(C)(C)C)cc3)c2)c([2H])c1[2H]. The van der Waals surface area contributed by atoms with Crippen molar-refractivity contribution >= 4 is 79.0 Å². The zero-order chi connectivity index (χ0) is 72.9. The number of nitrogens with zero attached hydrogens (tertiary/aromatic N) is 4. The molecule has 98 heavy (non-hydrogen) atoms. The van der Waals surface area contributed by atoms with E-state index in [4.69, 9.17) is 4.11 Å². The highest BCUT2D eigenvalue weighted by atomic mass is 15.2. The summed E-state index contributed by atoms with van der Waals surface area (Å²) in [6, 6.07) is 82.9. The van der Waals surface area contributed by atoms with Crippen LogP contribution in [-0.4, -0.2) is 11.3 Å². The molecule has 0 N–H and O–H groups in total. The summed E-state index contributed by atoms with van der Waals surface area (Å²) < 4.78 is 48.1. The minimum Gasteiger partial charge on any atom is -0.311 e. The molecule has 0 aliphatic carbocycles. The van der Waals surface area contributed by atoms with Gasteiger partial charge in [-0.15, -0.1) is 0 Å². The largest absolute Gasteiger partial charge is 0.311 e. The van der Waals surface area contributed by atoms with E-state index in [-0.39, 0.29) is 44.7 Å². The minimum absolute atomic E-state index is 0.0535. The summed E-state index contributed by atoms with van der Waals surface area (Å²) in [6.07, 6.45) is 0. The Hall–Kier alpha value is -10.4. The Kier molecular flexibility index (Phi) is 13.8. The van der Waals surface area contributed by atoms with Crippen molar-refractivity contribution in [2.24, 2.45) is 0 Å². The predicted molar refractivity (Wildman–Crippen MR) is 420 cm³/mol. The van der Waals surface area contributed by atoms with E-state index in [0.717, 1.165) is 117 Å². The standard InChI is InChI=1S/C93H87BN4/c1-89(2,3)70-38-34-62(35-39-70)66-44-65(61-28-20-17-21-29-61)49-77(50-66)98-85-52-64(67-45-71(90(4,5)6)55-72(46-67)91(7,8)9)37-41-81(85)94-80-40-36-63(60-26-18-16-19-27-60)51-84(80)97(86-53-69(54-87(98)88(86)94)68-47-73(92(10,11)12)56-74(48-68)93(13,14)15)76-43-59(58-95)42-75(57-76)96-82-32-24-22-30-78(82)79-31-23-25-33-83(79)96/h16-57H,1-15H3/i16D,18D,19D,26D,27D. The lowest BCUT2D eigenvalue weighted by atomic mass is 9.33. The number of aromatic nitrogens is 1. The van der Waals surface area contributed by atoms with Crippen LogP contribution in [0.4, 0.5) is 34.1 Å². The molecule has 12 aromatic carbocycles. The van der Waals surface area contributed by atoms with Crippen LogP contribution in [0.1, 0.15) is 144 Å². The van der Waals surface area contributed by atoms with E-state index in [2.05, 4.69) is 324 Å². The van der Waals surface area contributed by atoms with Crippen molar-refractivity contribution in [2.75, 3.05) is 9.80 Å². The van der Waals surface area contributed by atoms with Gasteiger partial charge in [-0.2, -0.15) is 5.26 Å². The van der Waals surface area contributed by atoms with E-state index in [1.54, 1.807) is 0 Å². The highest BCUT2D eigenvalue weighted by Gasteiger charge is 2.45. The molecule has 4 nitrogen and oxygen atoms in total. The molecule has 0 spiro atoms. The fourth-order valence-electron chi connectivity index (χ4n) is 14.7. The third-order valence-corrected chi connectivity index (χ3v) is 20.4. The maximum absolute atomic E-state index is 11.5. The van der Waals surface area contributed by atoms with Crippen LogP contribution in [-0.2, 0) is 27.1 Å². The van der Waals surface area contributed by atoms with Gasteiger partial charge in [-0.05, 0) is 200 Å². The van der Waals surface area contributed by atoms with Gasteiger partial charge in [0.05, 0.1) is 29.5 Å². The van der Waals surface area contributed by atoms with E-state index in [0.29, 0.717) is 16.8 Å². The molecular weight excluding hydrogens is 1180 g/mol. The smallest absolute Gasteiger partial charge is 0.252 e. The Balaban J connectivity index is 1.12. The first-order valence-electron chi connectivity index (χ1n) is 37.0. The zero-order valence-corrected chi connectivity index (χ0v) is 59.2. The molecule has 15 rings (SSSR count). The predicted octanol–water partition coefficient (Wildman–Crippen LogP) is 23.6. The Labute approximate surface area is 588 Å². The van der Waals surface area contributed by atoms with Crippen LogP contribution < -0.4 is 26.2 Å². The van der Waals surface area contributed by atoms with Gasteiger partial charge in [-0.25, -0.2) is 0 Å². The first-order valence-corrected chi connectivity index (χ1v) is 34.5. The van der Waals surface area contributed by atoms with E-state index < -0.39 is 24.8 Å². The van der Waals surface area contributed by atoms with Crippen molar-refractivity contribution in [3.63, 3.8) is 0 Å². The molecule has 482 valence electrons. The zero-order valence-electron chi connectivity index (χ0n) is 64.2. The molecule has 2 aliphatic rings. The average molecular weight is 1280 g/mol. The number of hydrogen-bond donors (Lipinski definition) is 0. The molecule has 0 amide bonds. The number of fused-ring (bicyclic) bond motifs is 7. The second-order valence-electron chi connectivity index (χ2n) is 32.4. The summed E-state index contributed by atoms with van der Waals surface area (Å²) in [6.45, 7) is 33.8. The molecule has 0 unspecified atom stereocenters. The van der Waals surface area contributed by atoms with Crippen LogP contribution in [0.5, 0.6) is 0 Å². The lowest BCUT2D eigenvalue weighted by molar-refractivity contribution is 0.568. The van der Waals surface area contributed by atoms with Crippen molar-refractivity contribution in [3.8, 4) is 67.4 Å². The van der Waals surface area contributed by atoms with Crippen molar-refractivity contribution in [1.29, 1.82) is 5.26 Å². The summed E-state index contributed by atoms with van der Waals surface area (Å²) in [5.41, 5.74) is 26.0. The summed E-state index contributed by atoms with van der Waals surface area (Å²) in [4.78, 5) is 4.84. The minimum atomic E-state index is -0.453. The normalized spacial score (nSPS) is 13.9. The summed E-state index contributed by atoms with van der Waals surface area (Å²) >= 11 is 0. The Morgan fingerprint density at radius 2 is 0.704 bits per heavy atom. The van der Waals surface area contributed by atoms with Crippen LogP contribution in [0.15, 0.2) is 255 Å². The molecule has 3 heterocycles. The summed E-state index contributed by atoms with van der Waals surface area (Å²) in [7, 11) is 0. The summed E-state index contributed by atoms with van der Waals surface area (Å²) in [5.74, 6) is 0. The average Bonchev–Trinajstić information content (AvgIpc) is 1.41. The first kappa shape index (κ1) is 57.8. The van der Waals surface area contributed by atoms with Crippen molar-refractivity contribution in [2.45, 2.75) is 131 Å². The Morgan fingerprint density at radius 3 is 1.18 bits per heavy atom. The highest BCUT2D eigenvalue weighted by Crippen LogP contribution is 2.51. The molecule has 0 fully saturated rings. The molecule has 1 aromatic heterocycles. The van der Waals surface area contributed by atoms with Crippen molar-refractivity contribution in [3.05, 3.63) is 288 Å². The third-order valence-electron chi connectivity index (χ3n) is 20.4. The molecule has 0 atom stereocenters. The van der Waals surface area contributed by atoms with E-state index in [9.17, 15) is 8.00 Å². The molecule has 13 aromatic rings. The van der Waals surface area contributed by atoms with Crippen LogP contribution in [0.2, 0.25) is 0 Å². The van der Waals surface area contributed by atoms with Gasteiger partial charge in [0.15, 0.2) is 0 Å². The van der Waals surface area contributed by atoms with E-state index in [1.165, 1.54) is 27.8 Å². The van der Waals surface area contributed by atoms with Gasteiger partial charge in [-0.3, -0.25) is 0 Å². The van der Waals surface area contributed by atoms with Gasteiger partial charge in [0.1, 0.15) is 0 Å². The van der Waals surface area contributed by atoms with Crippen molar-refractivity contribution < 1.29 is 6.85 Å². The fraction of sp³-hybridized carbons (Fsp3) is 0.215. The maximum Gasteiger partial charge on any atom is 0.252 e.